The summed E-state index contributed by atoms with van der Waals surface area (Å²) in [6.45, 7) is 10.6. The topological polar surface area (TPSA) is 121 Å². The summed E-state index contributed by atoms with van der Waals surface area (Å²) in [4.78, 5) is 44.9. The molecular formula is C25H34N4O5S. The molecule has 0 saturated carbocycles. The number of ether oxygens (including phenoxy) is 1. The van der Waals surface area contributed by atoms with Crippen molar-refractivity contribution in [3.63, 3.8) is 0 Å². The van der Waals surface area contributed by atoms with Gasteiger partial charge >= 0.3 is 6.09 Å². The van der Waals surface area contributed by atoms with Gasteiger partial charge < -0.3 is 25.4 Å². The molecule has 0 unspecified atom stereocenters. The summed E-state index contributed by atoms with van der Waals surface area (Å²) in [5.41, 5.74) is 4.07. The van der Waals surface area contributed by atoms with Gasteiger partial charge in [-0.2, -0.15) is 0 Å². The van der Waals surface area contributed by atoms with Crippen LogP contribution in [-0.4, -0.2) is 63.2 Å². The summed E-state index contributed by atoms with van der Waals surface area (Å²) < 4.78 is 5.20. The van der Waals surface area contributed by atoms with Crippen LogP contribution in [-0.2, 0) is 14.3 Å². The van der Waals surface area contributed by atoms with Crippen LogP contribution in [0.15, 0.2) is 29.8 Å². The maximum absolute atomic E-state index is 13.1. The molecule has 1 saturated heterocycles. The highest BCUT2D eigenvalue weighted by molar-refractivity contribution is 7.13. The van der Waals surface area contributed by atoms with Gasteiger partial charge in [-0.3, -0.25) is 9.59 Å². The van der Waals surface area contributed by atoms with Gasteiger partial charge in [0.15, 0.2) is 0 Å². The summed E-state index contributed by atoms with van der Waals surface area (Å²) in [5.74, 6) is -0.807. The monoisotopic (exact) mass is 502 g/mol. The molecule has 1 aromatic carbocycles. The van der Waals surface area contributed by atoms with E-state index in [-0.39, 0.29) is 24.9 Å². The first kappa shape index (κ1) is 26.6. The van der Waals surface area contributed by atoms with Crippen LogP contribution in [0.1, 0.15) is 58.3 Å². The number of carbonyl (C=O) groups excluding carboxylic acids is 3. The third-order valence-corrected chi connectivity index (χ3v) is 6.72. The number of likely N-dealkylation sites (tertiary alicyclic amines) is 1. The molecule has 4 atom stereocenters. The van der Waals surface area contributed by atoms with E-state index in [2.05, 4.69) is 15.6 Å². The lowest BCUT2D eigenvalue weighted by molar-refractivity contribution is -0.140. The maximum Gasteiger partial charge on any atom is 0.408 e. The van der Waals surface area contributed by atoms with Crippen LogP contribution >= 0.6 is 11.3 Å². The quantitative estimate of drug-likeness (QED) is 0.558. The normalized spacial score (nSPS) is 19.7. The van der Waals surface area contributed by atoms with Gasteiger partial charge in [-0.15, -0.1) is 11.3 Å². The number of amides is 3. The number of aliphatic hydroxyl groups excluding tert-OH is 1. The minimum Gasteiger partial charge on any atom is -0.444 e. The van der Waals surface area contributed by atoms with E-state index in [1.807, 2.05) is 43.6 Å². The molecule has 1 fully saturated rings. The third-order valence-electron chi connectivity index (χ3n) is 5.75. The second-order valence-corrected chi connectivity index (χ2v) is 10.7. The minimum atomic E-state index is -0.911. The molecule has 190 valence electrons. The molecule has 3 N–H and O–H groups in total. The predicted molar refractivity (Wildman–Crippen MR) is 134 cm³/mol. The van der Waals surface area contributed by atoms with Crippen LogP contribution in [0.25, 0.3) is 10.4 Å². The molecule has 1 aliphatic rings. The zero-order valence-corrected chi connectivity index (χ0v) is 21.8. The number of nitrogens with zero attached hydrogens (tertiary/aromatic N) is 2. The highest BCUT2D eigenvalue weighted by Crippen LogP contribution is 2.28. The molecule has 0 bridgehead atoms. The number of carbonyl (C=O) groups is 3. The largest absolute Gasteiger partial charge is 0.444 e. The van der Waals surface area contributed by atoms with Gasteiger partial charge in [0.05, 0.1) is 28.2 Å². The molecule has 0 spiro atoms. The van der Waals surface area contributed by atoms with Crippen LogP contribution in [0.5, 0.6) is 0 Å². The lowest BCUT2D eigenvalue weighted by atomic mass is 10.0. The molecule has 0 aliphatic carbocycles. The van der Waals surface area contributed by atoms with Crippen LogP contribution in [0.2, 0.25) is 0 Å². The zero-order chi connectivity index (χ0) is 25.9. The Labute approximate surface area is 209 Å². The van der Waals surface area contributed by atoms with Crippen LogP contribution in [0.3, 0.4) is 0 Å². The molecule has 2 heterocycles. The van der Waals surface area contributed by atoms with Gasteiger partial charge in [0.25, 0.3) is 0 Å². The van der Waals surface area contributed by atoms with Crippen molar-refractivity contribution in [2.45, 2.75) is 77.8 Å². The van der Waals surface area contributed by atoms with Gasteiger partial charge in [0.2, 0.25) is 11.8 Å². The summed E-state index contributed by atoms with van der Waals surface area (Å²) in [5, 5.41) is 15.6. The lowest BCUT2D eigenvalue weighted by Gasteiger charge is -2.28. The number of aryl methyl sites for hydroxylation is 1. The fraction of sp³-hybridized carbons (Fsp3) is 0.520. The SMILES string of the molecule is Cc1ncsc1-c1ccc([C@H](C)NC(=O)[C@@H]2C[C@@H](O)CN2C(=O)[C@H](C)NC(=O)OC(C)(C)C)cc1. The van der Waals surface area contributed by atoms with Gasteiger partial charge in [-0.1, -0.05) is 24.3 Å². The van der Waals surface area contributed by atoms with Crippen molar-refractivity contribution in [1.82, 2.24) is 20.5 Å². The van der Waals surface area contributed by atoms with Crippen molar-refractivity contribution in [1.29, 1.82) is 0 Å². The van der Waals surface area contributed by atoms with E-state index in [1.165, 1.54) is 11.8 Å². The van der Waals surface area contributed by atoms with Crippen molar-refractivity contribution in [3.8, 4) is 10.4 Å². The van der Waals surface area contributed by atoms with Crippen molar-refractivity contribution >= 4 is 29.2 Å². The average Bonchev–Trinajstić information content (AvgIpc) is 3.37. The van der Waals surface area contributed by atoms with E-state index in [0.717, 1.165) is 21.7 Å². The third kappa shape index (κ3) is 6.79. The number of nitrogens with one attached hydrogen (secondary N) is 2. The number of aliphatic hydroxyl groups is 1. The Morgan fingerprint density at radius 3 is 2.40 bits per heavy atom. The molecule has 1 aromatic heterocycles. The lowest BCUT2D eigenvalue weighted by Crippen LogP contribution is -2.53. The Balaban J connectivity index is 1.63. The molecule has 3 amide bonds. The second-order valence-electron chi connectivity index (χ2n) is 9.88. The van der Waals surface area contributed by atoms with Crippen molar-refractivity contribution in [2.75, 3.05) is 6.54 Å². The second kappa shape index (κ2) is 10.7. The molecule has 9 nitrogen and oxygen atoms in total. The number of thiazole rings is 1. The molecule has 2 aromatic rings. The first-order valence-corrected chi connectivity index (χ1v) is 12.5. The van der Waals surface area contributed by atoms with E-state index in [9.17, 15) is 19.5 Å². The Bertz CT molecular complexity index is 1060. The number of alkyl carbamates (subject to hydrolysis) is 1. The number of hydrogen-bond donors (Lipinski definition) is 3. The van der Waals surface area contributed by atoms with E-state index >= 15 is 0 Å². The van der Waals surface area contributed by atoms with Gasteiger partial charge in [-0.05, 0) is 52.7 Å². The average molecular weight is 503 g/mol. The summed E-state index contributed by atoms with van der Waals surface area (Å²) in [6, 6.07) is 5.87. The van der Waals surface area contributed by atoms with Crippen LogP contribution < -0.4 is 10.6 Å². The Morgan fingerprint density at radius 1 is 1.17 bits per heavy atom. The predicted octanol–water partition coefficient (Wildman–Crippen LogP) is 3.17. The van der Waals surface area contributed by atoms with Crippen molar-refractivity contribution in [3.05, 3.63) is 41.0 Å². The molecule has 10 heteroatoms. The highest BCUT2D eigenvalue weighted by Gasteiger charge is 2.41. The van der Waals surface area contributed by atoms with Crippen LogP contribution in [0, 0.1) is 6.92 Å². The van der Waals surface area contributed by atoms with Gasteiger partial charge in [0.1, 0.15) is 17.7 Å². The Kier molecular flexibility index (Phi) is 8.17. The van der Waals surface area contributed by atoms with Gasteiger partial charge in [0, 0.05) is 13.0 Å². The number of benzene rings is 1. The number of aromatic nitrogens is 1. The fourth-order valence-corrected chi connectivity index (χ4v) is 4.81. The summed E-state index contributed by atoms with van der Waals surface area (Å²) in [7, 11) is 0. The van der Waals surface area contributed by atoms with E-state index < -0.39 is 35.8 Å². The molecule has 35 heavy (non-hydrogen) atoms. The Hall–Kier alpha value is -2.98. The zero-order valence-electron chi connectivity index (χ0n) is 21.0. The maximum atomic E-state index is 13.1. The Morgan fingerprint density at radius 2 is 1.83 bits per heavy atom. The molecule has 1 aliphatic heterocycles. The standard InChI is InChI=1S/C25H34N4O5S/c1-14(17-7-9-18(10-8-17)21-15(2)26-13-35-21)27-22(31)20-11-19(30)12-29(20)23(32)16(3)28-24(33)34-25(4,5)6/h7-10,13-14,16,19-20,30H,11-12H2,1-6H3,(H,27,31)(H,28,33)/t14-,16-,19+,20-/m0/s1. The molecular weight excluding hydrogens is 468 g/mol. The van der Waals surface area contributed by atoms with E-state index in [1.54, 1.807) is 32.1 Å². The van der Waals surface area contributed by atoms with Gasteiger partial charge in [-0.25, -0.2) is 9.78 Å². The van der Waals surface area contributed by atoms with E-state index in [0.29, 0.717) is 0 Å². The number of hydrogen-bond acceptors (Lipinski definition) is 7. The van der Waals surface area contributed by atoms with Crippen molar-refractivity contribution in [2.24, 2.45) is 0 Å². The number of β-amino-alcohol motifs (C(OH)–C–C–N with tert-alkyl or cyclic N) is 1. The summed E-state index contributed by atoms with van der Waals surface area (Å²) >= 11 is 1.58. The smallest absolute Gasteiger partial charge is 0.408 e. The number of rotatable bonds is 6. The molecule has 3 rings (SSSR count). The first-order chi connectivity index (χ1) is 16.4. The van der Waals surface area contributed by atoms with E-state index in [4.69, 9.17) is 4.74 Å². The van der Waals surface area contributed by atoms with Crippen molar-refractivity contribution < 1.29 is 24.2 Å². The summed E-state index contributed by atoms with van der Waals surface area (Å²) in [6.07, 6.45) is -1.40. The minimum absolute atomic E-state index is 0.0224. The first-order valence-electron chi connectivity index (χ1n) is 11.6. The molecule has 0 radical (unpaired) electrons. The fourth-order valence-electron chi connectivity index (χ4n) is 4.00. The highest BCUT2D eigenvalue weighted by atomic mass is 32.1. The van der Waals surface area contributed by atoms with Crippen LogP contribution in [0.4, 0.5) is 4.79 Å².